The summed E-state index contributed by atoms with van der Waals surface area (Å²) in [5.74, 6) is 0.570. The van der Waals surface area contributed by atoms with Gasteiger partial charge in [0.05, 0.1) is 20.1 Å². The topological polar surface area (TPSA) is 61.5 Å². The number of carbonyl (C=O) groups excluding carboxylic acids is 1. The number of nitrogens with two attached hydrogens (primary N) is 1. The number of hydrogen-bond acceptors (Lipinski definition) is 4. The smallest absolute Gasteiger partial charge is 0.307 e. The van der Waals surface area contributed by atoms with Crippen molar-refractivity contribution >= 4 is 5.97 Å². The van der Waals surface area contributed by atoms with Crippen LogP contribution < -0.4 is 10.5 Å². The van der Waals surface area contributed by atoms with Crippen molar-refractivity contribution in [3.05, 3.63) is 28.8 Å². The first kappa shape index (κ1) is 15.5. The highest BCUT2D eigenvalue weighted by Crippen LogP contribution is 2.24. The van der Waals surface area contributed by atoms with Crippen LogP contribution in [0.3, 0.4) is 0 Å². The third kappa shape index (κ3) is 4.56. The summed E-state index contributed by atoms with van der Waals surface area (Å²) in [6.45, 7) is 6.27. The largest absolute Gasteiger partial charge is 0.496 e. The lowest BCUT2D eigenvalue weighted by molar-refractivity contribution is -0.143. The fourth-order valence-electron chi connectivity index (χ4n) is 1.99. The molecule has 1 aromatic carbocycles. The Morgan fingerprint density at radius 1 is 1.32 bits per heavy atom. The summed E-state index contributed by atoms with van der Waals surface area (Å²) >= 11 is 0. The summed E-state index contributed by atoms with van der Waals surface area (Å²) in [5.41, 5.74) is 9.40. The van der Waals surface area contributed by atoms with Gasteiger partial charge in [0.1, 0.15) is 5.75 Å². The van der Waals surface area contributed by atoms with Crippen LogP contribution in [0.4, 0.5) is 0 Å². The van der Waals surface area contributed by atoms with Crippen LogP contribution in [0, 0.1) is 13.8 Å². The van der Waals surface area contributed by atoms with Gasteiger partial charge in [0.25, 0.3) is 0 Å². The van der Waals surface area contributed by atoms with E-state index in [0.717, 1.165) is 11.3 Å². The zero-order valence-corrected chi connectivity index (χ0v) is 12.2. The van der Waals surface area contributed by atoms with Crippen LogP contribution >= 0.6 is 0 Å². The first-order valence-electron chi connectivity index (χ1n) is 6.53. The van der Waals surface area contributed by atoms with Gasteiger partial charge in [0.2, 0.25) is 0 Å². The lowest BCUT2D eigenvalue weighted by Gasteiger charge is -2.15. The Hall–Kier alpha value is -1.55. The van der Waals surface area contributed by atoms with E-state index in [1.54, 1.807) is 14.0 Å². The molecule has 0 saturated carbocycles. The summed E-state index contributed by atoms with van der Waals surface area (Å²) in [7, 11) is 1.64. The predicted molar refractivity (Wildman–Crippen MR) is 75.4 cm³/mol. The Kier molecular flexibility index (Phi) is 5.83. The summed E-state index contributed by atoms with van der Waals surface area (Å²) in [5, 5.41) is 0. The van der Waals surface area contributed by atoms with Gasteiger partial charge in [0.15, 0.2) is 0 Å². The van der Waals surface area contributed by atoms with Crippen LogP contribution in [0.25, 0.3) is 0 Å². The molecule has 0 radical (unpaired) electrons. The normalized spacial score (nSPS) is 12.1. The van der Waals surface area contributed by atoms with Gasteiger partial charge in [-0.3, -0.25) is 4.79 Å². The monoisotopic (exact) mass is 265 g/mol. The molecule has 0 heterocycles. The molecule has 4 nitrogen and oxygen atoms in total. The van der Waals surface area contributed by atoms with Crippen molar-refractivity contribution in [3.63, 3.8) is 0 Å². The van der Waals surface area contributed by atoms with Crippen LogP contribution in [0.5, 0.6) is 5.75 Å². The molecule has 1 aromatic rings. The molecule has 0 aromatic heterocycles. The second kappa shape index (κ2) is 7.14. The maximum Gasteiger partial charge on any atom is 0.307 e. The molecule has 1 unspecified atom stereocenters. The SMILES string of the molecule is CCOC(=O)CC(N)Cc1cc(C)c(C)cc1OC. The summed E-state index contributed by atoms with van der Waals surface area (Å²) in [4.78, 5) is 11.4. The molecule has 19 heavy (non-hydrogen) atoms. The van der Waals surface area contributed by atoms with Gasteiger partial charge in [0, 0.05) is 6.04 Å². The summed E-state index contributed by atoms with van der Waals surface area (Å²) in [6, 6.07) is 3.82. The van der Waals surface area contributed by atoms with Crippen LogP contribution in [-0.2, 0) is 16.0 Å². The Morgan fingerprint density at radius 2 is 1.95 bits per heavy atom. The molecule has 0 spiro atoms. The van der Waals surface area contributed by atoms with Crippen LogP contribution in [0.15, 0.2) is 12.1 Å². The average Bonchev–Trinajstić information content (AvgIpc) is 2.33. The molecule has 2 N–H and O–H groups in total. The third-order valence-electron chi connectivity index (χ3n) is 3.11. The number of carbonyl (C=O) groups is 1. The Balaban J connectivity index is 2.75. The van der Waals surface area contributed by atoms with Crippen molar-refractivity contribution in [3.8, 4) is 5.75 Å². The lowest BCUT2D eigenvalue weighted by Crippen LogP contribution is -2.27. The van der Waals surface area contributed by atoms with Crippen LogP contribution in [-0.4, -0.2) is 25.7 Å². The zero-order chi connectivity index (χ0) is 14.4. The van der Waals surface area contributed by atoms with Crippen molar-refractivity contribution in [2.75, 3.05) is 13.7 Å². The number of methoxy groups -OCH3 is 1. The summed E-state index contributed by atoms with van der Waals surface area (Å²) in [6.07, 6.45) is 0.826. The zero-order valence-electron chi connectivity index (χ0n) is 12.2. The standard InChI is InChI=1S/C15H23NO3/c1-5-19-15(17)9-13(16)8-12-6-10(2)11(3)7-14(12)18-4/h6-7,13H,5,8-9,16H2,1-4H3. The predicted octanol–water partition coefficient (Wildman–Crippen LogP) is 2.14. The molecule has 0 saturated heterocycles. The molecule has 106 valence electrons. The number of aryl methyl sites for hydroxylation is 2. The molecular formula is C15H23NO3. The minimum Gasteiger partial charge on any atom is -0.496 e. The second-order valence-electron chi connectivity index (χ2n) is 4.72. The van der Waals surface area contributed by atoms with Gasteiger partial charge in [-0.25, -0.2) is 0 Å². The molecular weight excluding hydrogens is 242 g/mol. The Morgan fingerprint density at radius 3 is 2.53 bits per heavy atom. The lowest BCUT2D eigenvalue weighted by atomic mass is 9.98. The molecule has 0 aliphatic carbocycles. The maximum atomic E-state index is 11.4. The summed E-state index contributed by atoms with van der Waals surface area (Å²) < 4.78 is 10.3. The first-order valence-corrected chi connectivity index (χ1v) is 6.53. The molecule has 0 aliphatic heterocycles. The molecule has 1 rings (SSSR count). The Labute approximate surface area is 114 Å². The second-order valence-corrected chi connectivity index (χ2v) is 4.72. The molecule has 0 aliphatic rings. The average molecular weight is 265 g/mol. The fraction of sp³-hybridized carbons (Fsp3) is 0.533. The van der Waals surface area contributed by atoms with E-state index >= 15 is 0 Å². The third-order valence-corrected chi connectivity index (χ3v) is 3.11. The minimum absolute atomic E-state index is 0.226. The number of ether oxygens (including phenoxy) is 2. The van der Waals surface area contributed by atoms with Gasteiger partial charge in [-0.2, -0.15) is 0 Å². The molecule has 0 amide bonds. The van der Waals surface area contributed by atoms with Crippen molar-refractivity contribution in [1.29, 1.82) is 0 Å². The van der Waals surface area contributed by atoms with E-state index in [1.807, 2.05) is 13.0 Å². The van der Waals surface area contributed by atoms with E-state index in [9.17, 15) is 4.79 Å². The number of hydrogen-bond donors (Lipinski definition) is 1. The van der Waals surface area contributed by atoms with E-state index in [2.05, 4.69) is 13.0 Å². The Bertz CT molecular complexity index is 443. The molecule has 4 heteroatoms. The quantitative estimate of drug-likeness (QED) is 0.800. The van der Waals surface area contributed by atoms with E-state index < -0.39 is 0 Å². The van der Waals surface area contributed by atoms with Crippen LogP contribution in [0.1, 0.15) is 30.0 Å². The number of rotatable bonds is 6. The van der Waals surface area contributed by atoms with E-state index in [0.29, 0.717) is 13.0 Å². The van der Waals surface area contributed by atoms with Gasteiger partial charge in [-0.15, -0.1) is 0 Å². The highest BCUT2D eigenvalue weighted by atomic mass is 16.5. The highest BCUT2D eigenvalue weighted by molar-refractivity contribution is 5.70. The van der Waals surface area contributed by atoms with Crippen molar-refractivity contribution < 1.29 is 14.3 Å². The molecule has 1 atom stereocenters. The number of benzene rings is 1. The van der Waals surface area contributed by atoms with Crippen molar-refractivity contribution in [1.82, 2.24) is 0 Å². The first-order chi connectivity index (χ1) is 8.97. The minimum atomic E-state index is -0.255. The van der Waals surface area contributed by atoms with E-state index in [4.69, 9.17) is 15.2 Å². The van der Waals surface area contributed by atoms with Crippen molar-refractivity contribution in [2.45, 2.75) is 39.7 Å². The fourth-order valence-corrected chi connectivity index (χ4v) is 1.99. The highest BCUT2D eigenvalue weighted by Gasteiger charge is 2.14. The van der Waals surface area contributed by atoms with E-state index in [-0.39, 0.29) is 18.4 Å². The number of esters is 1. The van der Waals surface area contributed by atoms with E-state index in [1.165, 1.54) is 11.1 Å². The van der Waals surface area contributed by atoms with Gasteiger partial charge < -0.3 is 15.2 Å². The van der Waals surface area contributed by atoms with Gasteiger partial charge in [-0.05, 0) is 49.9 Å². The molecule has 0 fully saturated rings. The van der Waals surface area contributed by atoms with Crippen molar-refractivity contribution in [2.24, 2.45) is 5.73 Å². The van der Waals surface area contributed by atoms with Gasteiger partial charge >= 0.3 is 5.97 Å². The van der Waals surface area contributed by atoms with Gasteiger partial charge in [-0.1, -0.05) is 6.07 Å². The van der Waals surface area contributed by atoms with Crippen LogP contribution in [0.2, 0.25) is 0 Å². The molecule has 0 bridgehead atoms. The maximum absolute atomic E-state index is 11.4.